The summed E-state index contributed by atoms with van der Waals surface area (Å²) in [4.78, 5) is 6.50. The first-order valence-electron chi connectivity index (χ1n) is 6.78. The fourth-order valence-corrected chi connectivity index (χ4v) is 3.70. The van der Waals surface area contributed by atoms with Gasteiger partial charge in [-0.25, -0.2) is 8.42 Å². The van der Waals surface area contributed by atoms with E-state index in [0.717, 1.165) is 12.2 Å². The predicted molar refractivity (Wildman–Crippen MR) is 76.9 cm³/mol. The van der Waals surface area contributed by atoms with E-state index >= 15 is 0 Å². The van der Waals surface area contributed by atoms with Crippen LogP contribution in [-0.2, 0) is 16.6 Å². The second-order valence-electron chi connectivity index (χ2n) is 4.92. The van der Waals surface area contributed by atoms with Crippen LogP contribution in [0.15, 0.2) is 41.7 Å². The minimum absolute atomic E-state index is 0.153. The summed E-state index contributed by atoms with van der Waals surface area (Å²) in [6.45, 7) is 3.11. The number of hydrogen-bond donors (Lipinski definition) is 1. The largest absolute Gasteiger partial charge is 0.295 e. The van der Waals surface area contributed by atoms with Crippen molar-refractivity contribution in [2.24, 2.45) is 0 Å². The van der Waals surface area contributed by atoms with Crippen molar-refractivity contribution < 1.29 is 8.42 Å². The van der Waals surface area contributed by atoms with Gasteiger partial charge in [0, 0.05) is 38.9 Å². The summed E-state index contributed by atoms with van der Waals surface area (Å²) in [6.07, 6.45) is 3.22. The van der Waals surface area contributed by atoms with Crippen molar-refractivity contribution in [3.05, 3.63) is 42.4 Å². The van der Waals surface area contributed by atoms with Crippen molar-refractivity contribution in [3.63, 3.8) is 0 Å². The van der Waals surface area contributed by atoms with Crippen LogP contribution in [0.3, 0.4) is 0 Å². The van der Waals surface area contributed by atoms with Gasteiger partial charge in [-0.3, -0.25) is 15.0 Å². The zero-order valence-corrected chi connectivity index (χ0v) is 12.3. The third kappa shape index (κ3) is 3.12. The van der Waals surface area contributed by atoms with Gasteiger partial charge < -0.3 is 0 Å². The highest BCUT2D eigenvalue weighted by atomic mass is 32.2. The lowest BCUT2D eigenvalue weighted by Gasteiger charge is -2.33. The SMILES string of the molecule is O=S(=O)(c1ccn[nH]1)N1CCN(Cc2ccccn2)CC1. The molecule has 0 bridgehead atoms. The number of hydrogen-bond acceptors (Lipinski definition) is 5. The normalized spacial score (nSPS) is 17.9. The molecule has 1 saturated heterocycles. The van der Waals surface area contributed by atoms with E-state index in [1.807, 2.05) is 18.2 Å². The third-order valence-electron chi connectivity index (χ3n) is 3.54. The Bertz CT molecular complexity index is 664. The number of sulfonamides is 1. The van der Waals surface area contributed by atoms with Gasteiger partial charge in [-0.1, -0.05) is 6.07 Å². The van der Waals surface area contributed by atoms with Crippen LogP contribution < -0.4 is 0 Å². The first-order chi connectivity index (χ1) is 10.2. The highest BCUT2D eigenvalue weighted by molar-refractivity contribution is 7.89. The molecule has 0 amide bonds. The van der Waals surface area contributed by atoms with Gasteiger partial charge in [0.1, 0.15) is 0 Å². The van der Waals surface area contributed by atoms with Gasteiger partial charge >= 0.3 is 0 Å². The topological polar surface area (TPSA) is 82.2 Å². The molecular formula is C13H17N5O2S. The van der Waals surface area contributed by atoms with Crippen LogP contribution in [0.25, 0.3) is 0 Å². The molecule has 1 aliphatic heterocycles. The van der Waals surface area contributed by atoms with Gasteiger partial charge in [0.05, 0.1) is 11.9 Å². The maximum absolute atomic E-state index is 12.3. The minimum atomic E-state index is -3.44. The summed E-state index contributed by atoms with van der Waals surface area (Å²) < 4.78 is 26.2. The zero-order valence-electron chi connectivity index (χ0n) is 11.5. The second-order valence-corrected chi connectivity index (χ2v) is 6.83. The second kappa shape index (κ2) is 5.92. The summed E-state index contributed by atoms with van der Waals surface area (Å²) in [6, 6.07) is 7.31. The molecule has 0 saturated carbocycles. The molecule has 2 aromatic rings. The first kappa shape index (κ1) is 14.2. The van der Waals surface area contributed by atoms with Crippen molar-refractivity contribution in [1.29, 1.82) is 0 Å². The van der Waals surface area contributed by atoms with Crippen LogP contribution in [0.4, 0.5) is 0 Å². The summed E-state index contributed by atoms with van der Waals surface area (Å²) in [5.74, 6) is 0. The molecule has 3 rings (SSSR count). The molecule has 1 aliphatic rings. The lowest BCUT2D eigenvalue weighted by atomic mass is 10.3. The summed E-state index contributed by atoms with van der Waals surface area (Å²) in [5.41, 5.74) is 1.00. The Morgan fingerprint density at radius 1 is 1.10 bits per heavy atom. The Labute approximate surface area is 123 Å². The molecule has 0 unspecified atom stereocenters. The molecular weight excluding hydrogens is 290 g/mol. The average molecular weight is 307 g/mol. The highest BCUT2D eigenvalue weighted by Gasteiger charge is 2.29. The number of aromatic amines is 1. The zero-order chi connectivity index (χ0) is 14.7. The van der Waals surface area contributed by atoms with Gasteiger partial charge in [-0.15, -0.1) is 0 Å². The standard InChI is InChI=1S/C13H17N5O2S/c19-21(20,13-4-6-15-16-13)18-9-7-17(8-10-18)11-12-3-1-2-5-14-12/h1-6H,7-11H2,(H,15,16). The van der Waals surface area contributed by atoms with Gasteiger partial charge in [-0.05, 0) is 18.2 Å². The molecule has 1 fully saturated rings. The van der Waals surface area contributed by atoms with E-state index in [4.69, 9.17) is 0 Å². The van der Waals surface area contributed by atoms with Crippen LogP contribution in [0.5, 0.6) is 0 Å². The number of piperazine rings is 1. The minimum Gasteiger partial charge on any atom is -0.295 e. The molecule has 0 aromatic carbocycles. The van der Waals surface area contributed by atoms with Gasteiger partial charge in [0.2, 0.25) is 0 Å². The van der Waals surface area contributed by atoms with E-state index in [-0.39, 0.29) is 5.03 Å². The molecule has 0 spiro atoms. The first-order valence-corrected chi connectivity index (χ1v) is 8.22. The fourth-order valence-electron chi connectivity index (χ4n) is 2.37. The van der Waals surface area contributed by atoms with Crippen LogP contribution in [0.2, 0.25) is 0 Å². The molecule has 0 radical (unpaired) electrons. The Morgan fingerprint density at radius 3 is 2.52 bits per heavy atom. The average Bonchev–Trinajstić information content (AvgIpc) is 3.04. The summed E-state index contributed by atoms with van der Waals surface area (Å²) >= 11 is 0. The molecule has 21 heavy (non-hydrogen) atoms. The molecule has 3 heterocycles. The van der Waals surface area contributed by atoms with Crippen molar-refractivity contribution >= 4 is 10.0 Å². The van der Waals surface area contributed by atoms with Crippen molar-refractivity contribution in [1.82, 2.24) is 24.4 Å². The third-order valence-corrected chi connectivity index (χ3v) is 5.36. The summed E-state index contributed by atoms with van der Waals surface area (Å²) in [5, 5.41) is 6.38. The van der Waals surface area contributed by atoms with Crippen LogP contribution in [0, 0.1) is 0 Å². The number of nitrogens with one attached hydrogen (secondary N) is 1. The summed E-state index contributed by atoms with van der Waals surface area (Å²) in [7, 11) is -3.44. The number of aromatic nitrogens is 3. The molecule has 1 N–H and O–H groups in total. The Kier molecular flexibility index (Phi) is 4.00. The number of H-pyrrole nitrogens is 1. The van der Waals surface area contributed by atoms with E-state index < -0.39 is 10.0 Å². The maximum atomic E-state index is 12.3. The molecule has 0 aliphatic carbocycles. The van der Waals surface area contributed by atoms with Crippen LogP contribution in [0.1, 0.15) is 5.69 Å². The Hall–Kier alpha value is -1.77. The number of pyridine rings is 1. The molecule has 112 valence electrons. The highest BCUT2D eigenvalue weighted by Crippen LogP contribution is 2.15. The van der Waals surface area contributed by atoms with Crippen LogP contribution in [-0.4, -0.2) is 59.0 Å². The van der Waals surface area contributed by atoms with E-state index in [0.29, 0.717) is 26.2 Å². The van der Waals surface area contributed by atoms with Crippen molar-refractivity contribution in [2.75, 3.05) is 26.2 Å². The number of rotatable bonds is 4. The molecule has 2 aromatic heterocycles. The van der Waals surface area contributed by atoms with E-state index in [9.17, 15) is 8.42 Å². The quantitative estimate of drug-likeness (QED) is 0.879. The Balaban J connectivity index is 1.61. The van der Waals surface area contributed by atoms with Crippen molar-refractivity contribution in [3.8, 4) is 0 Å². The lowest BCUT2D eigenvalue weighted by Crippen LogP contribution is -2.48. The predicted octanol–water partition coefficient (Wildman–Crippen LogP) is 0.311. The molecule has 8 heteroatoms. The smallest absolute Gasteiger partial charge is 0.260 e. The van der Waals surface area contributed by atoms with Gasteiger partial charge in [0.15, 0.2) is 5.03 Å². The molecule has 0 atom stereocenters. The van der Waals surface area contributed by atoms with E-state index in [1.54, 1.807) is 6.20 Å². The maximum Gasteiger partial charge on any atom is 0.260 e. The van der Waals surface area contributed by atoms with Crippen molar-refractivity contribution in [2.45, 2.75) is 11.6 Å². The lowest BCUT2D eigenvalue weighted by molar-refractivity contribution is 0.179. The van der Waals surface area contributed by atoms with Crippen LogP contribution >= 0.6 is 0 Å². The monoisotopic (exact) mass is 307 g/mol. The Morgan fingerprint density at radius 2 is 1.90 bits per heavy atom. The van der Waals surface area contributed by atoms with Gasteiger partial charge in [0.25, 0.3) is 10.0 Å². The fraction of sp³-hybridized carbons (Fsp3) is 0.385. The van der Waals surface area contributed by atoms with E-state index in [1.165, 1.54) is 16.6 Å². The number of nitrogens with zero attached hydrogens (tertiary/aromatic N) is 4. The van der Waals surface area contributed by atoms with Gasteiger partial charge in [-0.2, -0.15) is 9.40 Å². The molecule has 7 nitrogen and oxygen atoms in total. The van der Waals surface area contributed by atoms with E-state index in [2.05, 4.69) is 20.1 Å².